The first-order valence-corrected chi connectivity index (χ1v) is 16.7. The van der Waals surface area contributed by atoms with Gasteiger partial charge in [-0.2, -0.15) is 11.8 Å². The number of thioether (sulfide) groups is 1. The van der Waals surface area contributed by atoms with E-state index in [-0.39, 0.29) is 56.9 Å². The molecule has 17 nitrogen and oxygen atoms in total. The van der Waals surface area contributed by atoms with E-state index in [2.05, 4.69) is 26.3 Å². The number of amides is 5. The van der Waals surface area contributed by atoms with Crippen molar-refractivity contribution in [2.24, 2.45) is 39.6 Å². The van der Waals surface area contributed by atoms with Crippen LogP contribution in [0.4, 0.5) is 0 Å². The van der Waals surface area contributed by atoms with Crippen molar-refractivity contribution in [3.05, 3.63) is 0 Å². The first-order valence-electron chi connectivity index (χ1n) is 15.3. The summed E-state index contributed by atoms with van der Waals surface area (Å²) in [6.07, 6.45) is 3.37. The predicted molar refractivity (Wildman–Crippen MR) is 177 cm³/mol. The van der Waals surface area contributed by atoms with Gasteiger partial charge in [0.05, 0.1) is 6.04 Å². The monoisotopic (exact) mass is 674 g/mol. The number of carbonyl (C=O) groups excluding carboxylic acids is 5. The second kappa shape index (κ2) is 23.7. The van der Waals surface area contributed by atoms with Gasteiger partial charge >= 0.3 is 5.97 Å². The molecular formula is C28H54N10O7S. The maximum Gasteiger partial charge on any atom is 0.326 e. The van der Waals surface area contributed by atoms with Crippen LogP contribution in [0, 0.1) is 5.92 Å². The van der Waals surface area contributed by atoms with Gasteiger partial charge in [0.25, 0.3) is 0 Å². The molecule has 18 heteroatoms. The van der Waals surface area contributed by atoms with Crippen molar-refractivity contribution in [1.82, 2.24) is 21.3 Å². The summed E-state index contributed by atoms with van der Waals surface area (Å²) in [6.45, 7) is 4.30. The summed E-state index contributed by atoms with van der Waals surface area (Å²) in [7, 11) is 0. The highest BCUT2D eigenvalue weighted by Gasteiger charge is 2.32. The van der Waals surface area contributed by atoms with Gasteiger partial charge in [0.1, 0.15) is 24.2 Å². The molecule has 0 saturated heterocycles. The van der Waals surface area contributed by atoms with Crippen molar-refractivity contribution in [3.63, 3.8) is 0 Å². The quantitative estimate of drug-likeness (QED) is 0.0275. The molecule has 46 heavy (non-hydrogen) atoms. The highest BCUT2D eigenvalue weighted by Crippen LogP contribution is 2.09. The fraction of sp³-hybridized carbons (Fsp3) is 0.750. The highest BCUT2D eigenvalue weighted by molar-refractivity contribution is 7.98. The zero-order chi connectivity index (χ0) is 35.2. The largest absolute Gasteiger partial charge is 0.480 e. The predicted octanol–water partition coefficient (Wildman–Crippen LogP) is -2.42. The topological polar surface area (TPSA) is 313 Å². The number of aliphatic carboxylic acids is 1. The average Bonchev–Trinajstić information content (AvgIpc) is 2.97. The molecule has 0 aliphatic carbocycles. The Labute approximate surface area is 274 Å². The van der Waals surface area contributed by atoms with E-state index in [1.807, 2.05) is 13.8 Å². The van der Waals surface area contributed by atoms with Crippen LogP contribution in [-0.4, -0.2) is 102 Å². The van der Waals surface area contributed by atoms with Gasteiger partial charge in [-0.15, -0.1) is 0 Å². The fourth-order valence-corrected chi connectivity index (χ4v) is 4.76. The number of hydrogen-bond acceptors (Lipinski definition) is 10. The SMILES string of the molecule is CSCC[C@H](NC(=O)[C@H](CCCN=C(N)N)NC(=O)[C@H](CCC(N)=O)NC(=O)[C@H](CCCCN)NC(=O)[C@@H](N)CC(C)C)C(=O)O. The van der Waals surface area contributed by atoms with Crippen molar-refractivity contribution < 1.29 is 33.9 Å². The number of unbranched alkanes of at least 4 members (excludes halogenated alkanes) is 1. The van der Waals surface area contributed by atoms with Gasteiger partial charge in [-0.05, 0) is 75.8 Å². The molecule has 0 aliphatic heterocycles. The van der Waals surface area contributed by atoms with E-state index in [4.69, 9.17) is 28.7 Å². The molecule has 0 rings (SSSR count). The van der Waals surface area contributed by atoms with Gasteiger partial charge in [-0.1, -0.05) is 13.8 Å². The summed E-state index contributed by atoms with van der Waals surface area (Å²) in [5.74, 6) is -4.37. The zero-order valence-electron chi connectivity index (χ0n) is 27.1. The highest BCUT2D eigenvalue weighted by atomic mass is 32.2. The van der Waals surface area contributed by atoms with Crippen LogP contribution in [0.3, 0.4) is 0 Å². The molecule has 0 unspecified atom stereocenters. The molecule has 0 aromatic rings. The van der Waals surface area contributed by atoms with Crippen molar-refractivity contribution in [3.8, 4) is 0 Å². The summed E-state index contributed by atoms with van der Waals surface area (Å²) in [6, 6.07) is -5.70. The number of guanidine groups is 1. The van der Waals surface area contributed by atoms with Gasteiger partial charge < -0.3 is 55.0 Å². The van der Waals surface area contributed by atoms with Crippen LogP contribution in [0.2, 0.25) is 0 Å². The van der Waals surface area contributed by atoms with Gasteiger partial charge in [0.15, 0.2) is 5.96 Å². The maximum absolute atomic E-state index is 13.5. The average molecular weight is 675 g/mol. The zero-order valence-corrected chi connectivity index (χ0v) is 27.9. The lowest BCUT2D eigenvalue weighted by atomic mass is 10.0. The molecule has 15 N–H and O–H groups in total. The minimum Gasteiger partial charge on any atom is -0.480 e. The lowest BCUT2D eigenvalue weighted by Crippen LogP contribution is -2.58. The molecule has 0 aromatic heterocycles. The molecule has 0 bridgehead atoms. The molecule has 5 amide bonds. The van der Waals surface area contributed by atoms with E-state index in [9.17, 15) is 33.9 Å². The fourth-order valence-electron chi connectivity index (χ4n) is 4.29. The first-order chi connectivity index (χ1) is 21.6. The minimum absolute atomic E-state index is 0.0191. The number of carboxylic acid groups (broad SMARTS) is 1. The molecule has 0 spiro atoms. The molecule has 0 heterocycles. The van der Waals surface area contributed by atoms with E-state index in [0.29, 0.717) is 31.6 Å². The van der Waals surface area contributed by atoms with E-state index in [0.717, 1.165) is 0 Å². The Kier molecular flexibility index (Phi) is 21.8. The molecule has 5 atom stereocenters. The number of carboxylic acids is 1. The second-order valence-corrected chi connectivity index (χ2v) is 12.3. The molecule has 0 fully saturated rings. The van der Waals surface area contributed by atoms with Gasteiger partial charge in [0, 0.05) is 13.0 Å². The molecule has 264 valence electrons. The maximum atomic E-state index is 13.5. The molecule has 0 radical (unpaired) electrons. The van der Waals surface area contributed by atoms with Crippen molar-refractivity contribution in [1.29, 1.82) is 0 Å². The number of hydrogen-bond donors (Lipinski definition) is 10. The molecule has 0 aromatic carbocycles. The van der Waals surface area contributed by atoms with Crippen molar-refractivity contribution in [2.75, 3.05) is 25.1 Å². The normalized spacial score (nSPS) is 14.2. The van der Waals surface area contributed by atoms with E-state index >= 15 is 0 Å². The van der Waals surface area contributed by atoms with Gasteiger partial charge in [-0.3, -0.25) is 29.0 Å². The minimum atomic E-state index is -1.34. The molecule has 0 saturated carbocycles. The number of aliphatic imine (C=N–C) groups is 1. The van der Waals surface area contributed by atoms with Crippen molar-refractivity contribution >= 4 is 53.2 Å². The number of rotatable bonds is 25. The van der Waals surface area contributed by atoms with Crippen LogP contribution in [0.25, 0.3) is 0 Å². The number of primary amides is 1. The Morgan fingerprint density at radius 1 is 0.739 bits per heavy atom. The Morgan fingerprint density at radius 2 is 1.24 bits per heavy atom. The number of carbonyl (C=O) groups is 6. The number of nitrogens with one attached hydrogen (secondary N) is 4. The van der Waals surface area contributed by atoms with Crippen molar-refractivity contribution in [2.45, 2.75) is 102 Å². The van der Waals surface area contributed by atoms with Crippen LogP contribution in [0.1, 0.15) is 71.6 Å². The summed E-state index contributed by atoms with van der Waals surface area (Å²) < 4.78 is 0. The third-order valence-electron chi connectivity index (χ3n) is 6.76. The summed E-state index contributed by atoms with van der Waals surface area (Å²) in [5, 5.41) is 19.8. The lowest BCUT2D eigenvalue weighted by molar-refractivity contribution is -0.142. The number of nitrogens with zero attached hydrogens (tertiary/aromatic N) is 1. The summed E-state index contributed by atoms with van der Waals surface area (Å²) in [4.78, 5) is 80.1. The third-order valence-corrected chi connectivity index (χ3v) is 7.40. The Hall–Kier alpha value is -3.64. The Balaban J connectivity index is 6.06. The molecule has 0 aliphatic rings. The van der Waals surface area contributed by atoms with Gasteiger partial charge in [0.2, 0.25) is 29.5 Å². The summed E-state index contributed by atoms with van der Waals surface area (Å²) >= 11 is 1.41. The lowest BCUT2D eigenvalue weighted by Gasteiger charge is -2.26. The second-order valence-electron chi connectivity index (χ2n) is 11.3. The van der Waals surface area contributed by atoms with Gasteiger partial charge in [-0.25, -0.2) is 4.79 Å². The van der Waals surface area contributed by atoms with E-state index < -0.39 is 65.7 Å². The number of nitrogens with two attached hydrogens (primary N) is 5. The van der Waals surface area contributed by atoms with E-state index in [1.54, 1.807) is 6.26 Å². The third kappa shape index (κ3) is 19.0. The standard InChI is InChI=1S/C28H54N10O7S/c1-16(2)15-17(30)23(40)35-18(7-4-5-12-29)24(41)37-20(9-10-22(31)39)26(43)36-19(8-6-13-34-28(32)33)25(42)38-21(27(44)45)11-14-46-3/h16-21H,4-15,29-30H2,1-3H3,(H2,31,39)(H,35,40)(H,36,43)(H,37,41)(H,38,42)(H,44,45)(H4,32,33,34)/t17-,18-,19-,20-,21-/m0/s1. The van der Waals surface area contributed by atoms with Crippen LogP contribution in [-0.2, 0) is 28.8 Å². The first kappa shape index (κ1) is 42.4. The molecular weight excluding hydrogens is 620 g/mol. The van der Waals surface area contributed by atoms with E-state index in [1.165, 1.54) is 11.8 Å². The van der Waals surface area contributed by atoms with Crippen LogP contribution in [0.15, 0.2) is 4.99 Å². The Morgan fingerprint density at radius 3 is 1.70 bits per heavy atom. The summed E-state index contributed by atoms with van der Waals surface area (Å²) in [5.41, 5.74) is 27.6. The van der Waals surface area contributed by atoms with Crippen LogP contribution < -0.4 is 49.9 Å². The smallest absolute Gasteiger partial charge is 0.326 e. The van der Waals surface area contributed by atoms with Crippen LogP contribution in [0.5, 0.6) is 0 Å². The Bertz CT molecular complexity index is 1030. The van der Waals surface area contributed by atoms with Crippen LogP contribution >= 0.6 is 11.8 Å².